The van der Waals surface area contributed by atoms with E-state index in [1.54, 1.807) is 0 Å². The Hall–Kier alpha value is -1.55. The molecule has 0 saturated heterocycles. The maximum atomic E-state index is 13.0. The minimum atomic E-state index is -0.389. The van der Waals surface area contributed by atoms with Gasteiger partial charge in [-0.1, -0.05) is 25.7 Å². The first-order valence-electron chi connectivity index (χ1n) is 7.90. The van der Waals surface area contributed by atoms with Crippen molar-refractivity contribution < 1.29 is 14.3 Å². The minimum Gasteiger partial charge on any atom is -0.486 e. The Morgan fingerprint density at radius 2 is 1.71 bits per heavy atom. The summed E-state index contributed by atoms with van der Waals surface area (Å²) in [5.41, 5.74) is 6.32. The van der Waals surface area contributed by atoms with Crippen LogP contribution in [0.25, 0.3) is 0 Å². The van der Waals surface area contributed by atoms with E-state index in [0.29, 0.717) is 31.1 Å². The summed E-state index contributed by atoms with van der Waals surface area (Å²) in [6.07, 6.45) is 6.39. The summed E-state index contributed by atoms with van der Waals surface area (Å²) in [5, 5.41) is 0. The molecule has 2 aliphatic rings. The van der Waals surface area contributed by atoms with E-state index in [-0.39, 0.29) is 11.2 Å². The van der Waals surface area contributed by atoms with Crippen LogP contribution in [0.15, 0.2) is 18.2 Å². The van der Waals surface area contributed by atoms with E-state index in [1.807, 2.05) is 18.2 Å². The summed E-state index contributed by atoms with van der Waals surface area (Å²) in [4.78, 5) is 13.0. The lowest BCUT2D eigenvalue weighted by molar-refractivity contribution is 0.0773. The Kier molecular flexibility index (Phi) is 4.15. The molecule has 114 valence electrons. The van der Waals surface area contributed by atoms with Gasteiger partial charge in [-0.25, -0.2) is 0 Å². The molecular weight excluding hydrogens is 266 g/mol. The van der Waals surface area contributed by atoms with Crippen LogP contribution in [0, 0.1) is 5.41 Å². The third kappa shape index (κ3) is 2.77. The van der Waals surface area contributed by atoms with Crippen molar-refractivity contribution in [3.8, 4) is 11.5 Å². The van der Waals surface area contributed by atoms with E-state index in [0.717, 1.165) is 31.4 Å². The number of carbonyl (C=O) groups is 1. The van der Waals surface area contributed by atoms with Gasteiger partial charge in [0.1, 0.15) is 13.2 Å². The molecule has 0 spiro atoms. The number of hydrogen-bond acceptors (Lipinski definition) is 4. The highest BCUT2D eigenvalue weighted by atomic mass is 16.6. The minimum absolute atomic E-state index is 0.170. The lowest BCUT2D eigenvalue weighted by Gasteiger charge is -2.30. The fourth-order valence-electron chi connectivity index (χ4n) is 3.42. The van der Waals surface area contributed by atoms with Gasteiger partial charge >= 0.3 is 0 Å². The van der Waals surface area contributed by atoms with Crippen molar-refractivity contribution in [3.63, 3.8) is 0 Å². The number of benzene rings is 1. The molecule has 1 heterocycles. The SMILES string of the molecule is NCC1(C(=O)c2ccc3c(c2)OCCO3)CCCCCC1. The van der Waals surface area contributed by atoms with E-state index in [4.69, 9.17) is 15.2 Å². The van der Waals surface area contributed by atoms with Crippen LogP contribution < -0.4 is 15.2 Å². The molecule has 4 heteroatoms. The van der Waals surface area contributed by atoms with Crippen LogP contribution in [0.2, 0.25) is 0 Å². The molecule has 1 aromatic carbocycles. The van der Waals surface area contributed by atoms with Gasteiger partial charge in [0.15, 0.2) is 17.3 Å². The number of carbonyl (C=O) groups excluding carboxylic acids is 1. The van der Waals surface area contributed by atoms with Crippen LogP contribution in [0.1, 0.15) is 48.9 Å². The van der Waals surface area contributed by atoms with Gasteiger partial charge in [-0.3, -0.25) is 4.79 Å². The summed E-state index contributed by atoms with van der Waals surface area (Å²) >= 11 is 0. The normalized spacial score (nSPS) is 20.6. The molecule has 0 unspecified atom stereocenters. The smallest absolute Gasteiger partial charge is 0.170 e. The Balaban J connectivity index is 1.89. The fraction of sp³-hybridized carbons (Fsp3) is 0.588. The standard InChI is InChI=1S/C17H23NO3/c18-12-17(7-3-1-2-4-8-17)16(19)13-5-6-14-15(11-13)21-10-9-20-14/h5-6,11H,1-4,7-10,12,18H2. The molecule has 1 aliphatic carbocycles. The van der Waals surface area contributed by atoms with Gasteiger partial charge in [-0.2, -0.15) is 0 Å². The monoisotopic (exact) mass is 289 g/mol. The van der Waals surface area contributed by atoms with Crippen LogP contribution in [-0.2, 0) is 0 Å². The molecule has 1 saturated carbocycles. The van der Waals surface area contributed by atoms with Crippen molar-refractivity contribution in [2.45, 2.75) is 38.5 Å². The van der Waals surface area contributed by atoms with Crippen LogP contribution in [0.3, 0.4) is 0 Å². The molecule has 0 aromatic heterocycles. The van der Waals surface area contributed by atoms with Crippen LogP contribution in [0.5, 0.6) is 11.5 Å². The van der Waals surface area contributed by atoms with Gasteiger partial charge in [-0.05, 0) is 31.0 Å². The second-order valence-corrected chi connectivity index (χ2v) is 6.09. The highest BCUT2D eigenvalue weighted by molar-refractivity contribution is 6.01. The summed E-state index contributed by atoms with van der Waals surface area (Å²) in [6.45, 7) is 1.53. The van der Waals surface area contributed by atoms with Gasteiger partial charge < -0.3 is 15.2 Å². The predicted octanol–water partition coefficient (Wildman–Crippen LogP) is 2.94. The lowest BCUT2D eigenvalue weighted by atomic mass is 9.74. The quantitative estimate of drug-likeness (QED) is 0.686. The fourth-order valence-corrected chi connectivity index (χ4v) is 3.42. The number of fused-ring (bicyclic) bond motifs is 1. The second-order valence-electron chi connectivity index (χ2n) is 6.09. The van der Waals surface area contributed by atoms with E-state index in [1.165, 1.54) is 12.8 Å². The Morgan fingerprint density at radius 1 is 1.05 bits per heavy atom. The van der Waals surface area contributed by atoms with Gasteiger partial charge in [0.25, 0.3) is 0 Å². The van der Waals surface area contributed by atoms with Crippen molar-refractivity contribution in [1.82, 2.24) is 0 Å². The number of nitrogens with two attached hydrogens (primary N) is 1. The number of ketones is 1. The third-order valence-electron chi connectivity index (χ3n) is 4.74. The summed E-state index contributed by atoms with van der Waals surface area (Å²) in [6, 6.07) is 5.50. The van der Waals surface area contributed by atoms with Gasteiger partial charge in [-0.15, -0.1) is 0 Å². The number of hydrogen-bond donors (Lipinski definition) is 1. The lowest BCUT2D eigenvalue weighted by Crippen LogP contribution is -2.38. The zero-order chi connectivity index (χ0) is 14.7. The molecule has 3 rings (SSSR count). The molecule has 21 heavy (non-hydrogen) atoms. The van der Waals surface area contributed by atoms with Crippen molar-refractivity contribution in [2.24, 2.45) is 11.1 Å². The molecule has 0 atom stereocenters. The molecule has 2 N–H and O–H groups in total. The van der Waals surface area contributed by atoms with Gasteiger partial charge in [0.2, 0.25) is 0 Å². The Morgan fingerprint density at radius 3 is 2.38 bits per heavy atom. The molecule has 1 fully saturated rings. The average molecular weight is 289 g/mol. The zero-order valence-electron chi connectivity index (χ0n) is 12.4. The van der Waals surface area contributed by atoms with Crippen LogP contribution in [-0.4, -0.2) is 25.5 Å². The zero-order valence-corrected chi connectivity index (χ0v) is 12.4. The molecule has 0 amide bonds. The van der Waals surface area contributed by atoms with Crippen LogP contribution >= 0.6 is 0 Å². The van der Waals surface area contributed by atoms with Gasteiger partial charge in [0, 0.05) is 17.5 Å². The molecule has 0 radical (unpaired) electrons. The number of ether oxygens (including phenoxy) is 2. The van der Waals surface area contributed by atoms with Crippen LogP contribution in [0.4, 0.5) is 0 Å². The second kappa shape index (κ2) is 6.06. The third-order valence-corrected chi connectivity index (χ3v) is 4.74. The molecule has 0 bridgehead atoms. The van der Waals surface area contributed by atoms with E-state index in [2.05, 4.69) is 0 Å². The highest BCUT2D eigenvalue weighted by Gasteiger charge is 2.38. The topological polar surface area (TPSA) is 61.6 Å². The van der Waals surface area contributed by atoms with E-state index >= 15 is 0 Å². The van der Waals surface area contributed by atoms with Crippen molar-refractivity contribution in [3.05, 3.63) is 23.8 Å². The number of Topliss-reactive ketones (excluding diaryl/α,β-unsaturated/α-hetero) is 1. The largest absolute Gasteiger partial charge is 0.486 e. The van der Waals surface area contributed by atoms with Crippen molar-refractivity contribution in [1.29, 1.82) is 0 Å². The summed E-state index contributed by atoms with van der Waals surface area (Å²) < 4.78 is 11.1. The molecule has 1 aliphatic heterocycles. The predicted molar refractivity (Wildman–Crippen MR) is 81.0 cm³/mol. The highest BCUT2D eigenvalue weighted by Crippen LogP contribution is 2.39. The van der Waals surface area contributed by atoms with E-state index < -0.39 is 0 Å². The van der Waals surface area contributed by atoms with Crippen molar-refractivity contribution >= 4 is 5.78 Å². The maximum Gasteiger partial charge on any atom is 0.170 e. The van der Waals surface area contributed by atoms with E-state index in [9.17, 15) is 4.79 Å². The summed E-state index contributed by atoms with van der Waals surface area (Å²) in [5.74, 6) is 1.57. The molecule has 1 aromatic rings. The Labute approximate surface area is 125 Å². The molecule has 4 nitrogen and oxygen atoms in total. The summed E-state index contributed by atoms with van der Waals surface area (Å²) in [7, 11) is 0. The maximum absolute atomic E-state index is 13.0. The first-order chi connectivity index (χ1) is 10.2. The number of rotatable bonds is 3. The first kappa shape index (κ1) is 14.4. The molecular formula is C17H23NO3. The average Bonchev–Trinajstić information content (AvgIpc) is 2.80. The van der Waals surface area contributed by atoms with Gasteiger partial charge in [0.05, 0.1) is 0 Å². The Bertz CT molecular complexity index is 519. The van der Waals surface area contributed by atoms with Crippen molar-refractivity contribution in [2.75, 3.05) is 19.8 Å². The first-order valence-corrected chi connectivity index (χ1v) is 7.90.